The maximum atomic E-state index is 12.5. The average molecular weight is 432 g/mol. The van der Waals surface area contributed by atoms with Crippen molar-refractivity contribution in [3.05, 3.63) is 75.4 Å². The molecule has 0 aliphatic carbocycles. The van der Waals surface area contributed by atoms with Crippen molar-refractivity contribution >= 4 is 34.6 Å². The fraction of sp³-hybridized carbons (Fsp3) is 0.250. The Morgan fingerprint density at radius 2 is 1.62 bits per heavy atom. The van der Waals surface area contributed by atoms with Gasteiger partial charge in [0.25, 0.3) is 5.91 Å². The van der Waals surface area contributed by atoms with Crippen LogP contribution in [0.1, 0.15) is 15.9 Å². The van der Waals surface area contributed by atoms with Gasteiger partial charge in [0.2, 0.25) is 0 Å². The van der Waals surface area contributed by atoms with E-state index >= 15 is 0 Å². The molecular formula is C20H21IN2O. The molecule has 0 saturated carbocycles. The summed E-state index contributed by atoms with van der Waals surface area (Å²) >= 11 is 2.26. The summed E-state index contributed by atoms with van der Waals surface area (Å²) in [5, 5.41) is 0. The number of nitrogens with zero attached hydrogens (tertiary/aromatic N) is 2. The second-order valence-corrected chi connectivity index (χ2v) is 7.16. The first-order valence-electron chi connectivity index (χ1n) is 8.21. The van der Waals surface area contributed by atoms with E-state index in [4.69, 9.17) is 0 Å². The fourth-order valence-corrected chi connectivity index (χ4v) is 3.17. The first-order chi connectivity index (χ1) is 11.7. The summed E-state index contributed by atoms with van der Waals surface area (Å²) < 4.78 is 1.15. The molecule has 1 aliphatic rings. The number of piperazine rings is 1. The first-order valence-corrected chi connectivity index (χ1v) is 9.29. The Kier molecular flexibility index (Phi) is 6.04. The van der Waals surface area contributed by atoms with E-state index < -0.39 is 0 Å². The molecule has 2 aromatic rings. The van der Waals surface area contributed by atoms with Crippen molar-refractivity contribution < 1.29 is 4.79 Å². The third kappa shape index (κ3) is 4.68. The smallest absolute Gasteiger partial charge is 0.253 e. The van der Waals surface area contributed by atoms with Crippen LogP contribution >= 0.6 is 22.6 Å². The summed E-state index contributed by atoms with van der Waals surface area (Å²) in [4.78, 5) is 16.9. The Morgan fingerprint density at radius 3 is 2.29 bits per heavy atom. The predicted molar refractivity (Wildman–Crippen MR) is 107 cm³/mol. The maximum Gasteiger partial charge on any atom is 0.253 e. The van der Waals surface area contributed by atoms with E-state index in [2.05, 4.69) is 63.9 Å². The van der Waals surface area contributed by atoms with Gasteiger partial charge in [-0.15, -0.1) is 0 Å². The fourth-order valence-electron chi connectivity index (χ4n) is 2.81. The molecule has 124 valence electrons. The molecule has 0 N–H and O–H groups in total. The van der Waals surface area contributed by atoms with Gasteiger partial charge in [-0.3, -0.25) is 9.69 Å². The summed E-state index contributed by atoms with van der Waals surface area (Å²) in [6.07, 6.45) is 4.36. The van der Waals surface area contributed by atoms with E-state index in [1.165, 1.54) is 5.56 Å². The summed E-state index contributed by atoms with van der Waals surface area (Å²) in [5.74, 6) is 0.144. The largest absolute Gasteiger partial charge is 0.336 e. The molecule has 1 heterocycles. The first kappa shape index (κ1) is 17.2. The second-order valence-electron chi connectivity index (χ2n) is 5.91. The van der Waals surface area contributed by atoms with Crippen molar-refractivity contribution in [2.75, 3.05) is 32.7 Å². The van der Waals surface area contributed by atoms with Crippen LogP contribution in [0.15, 0.2) is 60.7 Å². The third-order valence-corrected chi connectivity index (χ3v) is 4.94. The van der Waals surface area contributed by atoms with Gasteiger partial charge in [0.05, 0.1) is 0 Å². The predicted octanol–water partition coefficient (Wildman–Crippen LogP) is 3.76. The average Bonchev–Trinajstić information content (AvgIpc) is 2.63. The molecule has 0 unspecified atom stereocenters. The Balaban J connectivity index is 1.48. The monoisotopic (exact) mass is 432 g/mol. The number of benzene rings is 2. The highest BCUT2D eigenvalue weighted by atomic mass is 127. The maximum absolute atomic E-state index is 12.5. The zero-order valence-corrected chi connectivity index (χ0v) is 15.7. The van der Waals surface area contributed by atoms with Gasteiger partial charge < -0.3 is 4.90 Å². The Labute approximate surface area is 157 Å². The molecule has 3 rings (SSSR count). The number of hydrogen-bond acceptors (Lipinski definition) is 2. The number of halogens is 1. The zero-order chi connectivity index (χ0) is 16.8. The quantitative estimate of drug-likeness (QED) is 0.688. The number of rotatable bonds is 4. The van der Waals surface area contributed by atoms with Crippen molar-refractivity contribution in [1.29, 1.82) is 0 Å². The highest BCUT2D eigenvalue weighted by Crippen LogP contribution is 2.12. The summed E-state index contributed by atoms with van der Waals surface area (Å²) in [6.45, 7) is 4.37. The lowest BCUT2D eigenvalue weighted by Crippen LogP contribution is -2.48. The molecule has 1 aliphatic heterocycles. The minimum absolute atomic E-state index is 0.144. The van der Waals surface area contributed by atoms with E-state index in [-0.39, 0.29) is 5.91 Å². The minimum Gasteiger partial charge on any atom is -0.336 e. The second kappa shape index (κ2) is 8.44. The van der Waals surface area contributed by atoms with E-state index in [0.717, 1.165) is 41.9 Å². The van der Waals surface area contributed by atoms with Crippen LogP contribution in [0, 0.1) is 3.57 Å². The molecule has 0 radical (unpaired) electrons. The summed E-state index contributed by atoms with van der Waals surface area (Å²) in [5.41, 5.74) is 2.01. The van der Waals surface area contributed by atoms with E-state index in [1.54, 1.807) is 0 Å². The molecule has 0 atom stereocenters. The van der Waals surface area contributed by atoms with Gasteiger partial charge in [0.15, 0.2) is 0 Å². The number of hydrogen-bond donors (Lipinski definition) is 0. The van der Waals surface area contributed by atoms with E-state index in [0.29, 0.717) is 0 Å². The molecule has 3 nitrogen and oxygen atoms in total. The van der Waals surface area contributed by atoms with Crippen LogP contribution in [0.3, 0.4) is 0 Å². The lowest BCUT2D eigenvalue weighted by Gasteiger charge is -2.34. The number of carbonyl (C=O) groups excluding carboxylic acids is 1. The Bertz CT molecular complexity index is 689. The minimum atomic E-state index is 0.144. The molecule has 4 heteroatoms. The van der Waals surface area contributed by atoms with Crippen molar-refractivity contribution in [1.82, 2.24) is 9.80 Å². The van der Waals surface area contributed by atoms with Gasteiger partial charge in [-0.25, -0.2) is 0 Å². The molecular weight excluding hydrogens is 411 g/mol. The molecule has 2 aromatic carbocycles. The third-order valence-electron chi connectivity index (χ3n) is 4.22. The lowest BCUT2D eigenvalue weighted by atomic mass is 10.2. The van der Waals surface area contributed by atoms with Gasteiger partial charge >= 0.3 is 0 Å². The molecule has 0 spiro atoms. The van der Waals surface area contributed by atoms with Crippen molar-refractivity contribution in [2.45, 2.75) is 0 Å². The zero-order valence-electron chi connectivity index (χ0n) is 13.6. The van der Waals surface area contributed by atoms with Crippen molar-refractivity contribution in [3.8, 4) is 0 Å². The van der Waals surface area contributed by atoms with Gasteiger partial charge in [0.1, 0.15) is 0 Å². The lowest BCUT2D eigenvalue weighted by molar-refractivity contribution is 0.0650. The van der Waals surface area contributed by atoms with E-state index in [1.807, 2.05) is 35.2 Å². The highest BCUT2D eigenvalue weighted by Gasteiger charge is 2.21. The Hall–Kier alpha value is -1.66. The van der Waals surface area contributed by atoms with E-state index in [9.17, 15) is 4.79 Å². The van der Waals surface area contributed by atoms with Crippen LogP contribution in [-0.2, 0) is 0 Å². The van der Waals surface area contributed by atoms with Crippen LogP contribution in [0.4, 0.5) is 0 Å². The van der Waals surface area contributed by atoms with Crippen LogP contribution in [-0.4, -0.2) is 48.4 Å². The molecule has 1 amide bonds. The molecule has 1 fully saturated rings. The highest BCUT2D eigenvalue weighted by molar-refractivity contribution is 14.1. The topological polar surface area (TPSA) is 23.6 Å². The van der Waals surface area contributed by atoms with Gasteiger partial charge in [-0.2, -0.15) is 0 Å². The summed E-state index contributed by atoms with van der Waals surface area (Å²) in [7, 11) is 0. The molecule has 0 aromatic heterocycles. The van der Waals surface area contributed by atoms with Crippen molar-refractivity contribution in [3.63, 3.8) is 0 Å². The molecule has 1 saturated heterocycles. The number of amides is 1. The van der Waals surface area contributed by atoms with Crippen molar-refractivity contribution in [2.24, 2.45) is 0 Å². The van der Waals surface area contributed by atoms with Crippen LogP contribution in [0.5, 0.6) is 0 Å². The number of carbonyl (C=O) groups is 1. The van der Waals surface area contributed by atoms with Crippen LogP contribution in [0.2, 0.25) is 0 Å². The van der Waals surface area contributed by atoms with Gasteiger partial charge in [-0.05, 0) is 52.4 Å². The van der Waals surface area contributed by atoms with Crippen LogP contribution in [0.25, 0.3) is 6.08 Å². The van der Waals surface area contributed by atoms with Crippen LogP contribution < -0.4 is 0 Å². The Morgan fingerprint density at radius 1 is 0.958 bits per heavy atom. The standard InChI is InChI=1S/C20H21IN2O/c21-19-10-8-18(9-11-19)20(24)23-15-13-22(14-16-23)12-4-7-17-5-2-1-3-6-17/h1-11H,12-16H2. The summed E-state index contributed by atoms with van der Waals surface area (Å²) in [6, 6.07) is 18.1. The molecule has 0 bridgehead atoms. The molecule has 24 heavy (non-hydrogen) atoms. The van der Waals surface area contributed by atoms with Gasteiger partial charge in [0, 0.05) is 41.9 Å². The van der Waals surface area contributed by atoms with Gasteiger partial charge in [-0.1, -0.05) is 42.5 Å². The normalized spacial score (nSPS) is 15.8. The SMILES string of the molecule is O=C(c1ccc(I)cc1)N1CCN(CC=Cc2ccccc2)CC1.